The highest BCUT2D eigenvalue weighted by Crippen LogP contribution is 2.40. The van der Waals surface area contributed by atoms with E-state index in [0.29, 0.717) is 10.0 Å². The average molecular weight is 453 g/mol. The summed E-state index contributed by atoms with van der Waals surface area (Å²) in [6.45, 7) is 0. The lowest BCUT2D eigenvalue weighted by Crippen LogP contribution is -2.02. The molecule has 4 aromatic carbocycles. The highest BCUT2D eigenvalue weighted by atomic mass is 35.5. The Hall–Kier alpha value is -3.34. The van der Waals surface area contributed by atoms with Crippen molar-refractivity contribution in [1.29, 1.82) is 0 Å². The van der Waals surface area contributed by atoms with Crippen LogP contribution in [0.25, 0.3) is 11.1 Å². The Morgan fingerprint density at radius 2 is 1.45 bits per heavy atom. The first kappa shape index (κ1) is 20.9. The quantitative estimate of drug-likeness (QED) is 0.318. The lowest BCUT2D eigenvalue weighted by Gasteiger charge is -2.13. The number of halogens is 3. The lowest BCUT2D eigenvalue weighted by atomic mass is 10.0. The third-order valence-corrected chi connectivity index (χ3v) is 5.21. The van der Waals surface area contributed by atoms with E-state index in [9.17, 15) is 14.3 Å². The number of ketones is 1. The second-order valence-electron chi connectivity index (χ2n) is 6.75. The Morgan fingerprint density at radius 1 is 0.806 bits per heavy atom. The third kappa shape index (κ3) is 4.55. The molecule has 6 heteroatoms. The zero-order valence-electron chi connectivity index (χ0n) is 16.0. The van der Waals surface area contributed by atoms with Gasteiger partial charge in [-0.2, -0.15) is 0 Å². The number of benzene rings is 4. The summed E-state index contributed by atoms with van der Waals surface area (Å²) in [6.07, 6.45) is 0. The Bertz CT molecular complexity index is 1230. The van der Waals surface area contributed by atoms with E-state index in [1.165, 1.54) is 42.5 Å². The van der Waals surface area contributed by atoms with E-state index in [0.717, 1.165) is 11.1 Å². The molecule has 1 N–H and O–H groups in total. The predicted octanol–water partition coefficient (Wildman–Crippen LogP) is 7.53. The van der Waals surface area contributed by atoms with Crippen molar-refractivity contribution in [3.63, 3.8) is 0 Å². The van der Waals surface area contributed by atoms with Crippen molar-refractivity contribution in [2.24, 2.45) is 0 Å². The summed E-state index contributed by atoms with van der Waals surface area (Å²) in [6, 6.07) is 22.4. The van der Waals surface area contributed by atoms with E-state index in [1.807, 2.05) is 30.3 Å². The summed E-state index contributed by atoms with van der Waals surface area (Å²) in [5, 5.41) is 10.8. The van der Waals surface area contributed by atoms with Crippen LogP contribution in [0.1, 0.15) is 15.9 Å². The highest BCUT2D eigenvalue weighted by Gasteiger charge is 2.17. The van der Waals surface area contributed by atoms with Crippen LogP contribution in [-0.4, -0.2) is 10.9 Å². The maximum absolute atomic E-state index is 13.1. The first-order chi connectivity index (χ1) is 14.9. The van der Waals surface area contributed by atoms with E-state index in [1.54, 1.807) is 12.1 Å². The van der Waals surface area contributed by atoms with E-state index >= 15 is 0 Å². The molecule has 0 aliphatic heterocycles. The molecule has 0 aliphatic carbocycles. The molecule has 0 atom stereocenters. The number of hydrogen-bond donors (Lipinski definition) is 1. The van der Waals surface area contributed by atoms with Gasteiger partial charge in [0.1, 0.15) is 17.3 Å². The van der Waals surface area contributed by atoms with Crippen molar-refractivity contribution in [2.75, 3.05) is 0 Å². The minimum Gasteiger partial charge on any atom is -0.507 e. The number of phenols is 1. The van der Waals surface area contributed by atoms with Gasteiger partial charge in [0.05, 0.1) is 15.6 Å². The Labute approximate surface area is 188 Å². The monoisotopic (exact) mass is 452 g/mol. The molecule has 0 fully saturated rings. The molecule has 0 aromatic heterocycles. The number of aromatic hydroxyl groups is 1. The van der Waals surface area contributed by atoms with Crippen molar-refractivity contribution >= 4 is 29.0 Å². The maximum atomic E-state index is 13.1. The first-order valence-corrected chi connectivity index (χ1v) is 10.0. The van der Waals surface area contributed by atoms with Gasteiger partial charge in [0.25, 0.3) is 0 Å². The topological polar surface area (TPSA) is 46.5 Å². The maximum Gasteiger partial charge on any atom is 0.196 e. The van der Waals surface area contributed by atoms with Gasteiger partial charge in [0, 0.05) is 5.56 Å². The van der Waals surface area contributed by atoms with Gasteiger partial charge in [-0.05, 0) is 65.7 Å². The van der Waals surface area contributed by atoms with Gasteiger partial charge in [-0.1, -0.05) is 53.5 Å². The van der Waals surface area contributed by atoms with Crippen LogP contribution < -0.4 is 4.74 Å². The average Bonchev–Trinajstić information content (AvgIpc) is 2.78. The largest absolute Gasteiger partial charge is 0.507 e. The van der Waals surface area contributed by atoms with Crippen LogP contribution in [0.4, 0.5) is 4.39 Å². The summed E-state index contributed by atoms with van der Waals surface area (Å²) >= 11 is 12.8. The fraction of sp³-hybridized carbons (Fsp3) is 0. The molecule has 0 amide bonds. The van der Waals surface area contributed by atoms with Crippen LogP contribution in [0.5, 0.6) is 17.2 Å². The highest BCUT2D eigenvalue weighted by molar-refractivity contribution is 6.37. The van der Waals surface area contributed by atoms with Crippen molar-refractivity contribution in [3.05, 3.63) is 112 Å². The zero-order valence-corrected chi connectivity index (χ0v) is 17.5. The molecule has 0 bridgehead atoms. The summed E-state index contributed by atoms with van der Waals surface area (Å²) in [4.78, 5) is 12.7. The van der Waals surface area contributed by atoms with Gasteiger partial charge >= 0.3 is 0 Å². The molecule has 0 radical (unpaired) electrons. The third-order valence-electron chi connectivity index (χ3n) is 4.64. The second-order valence-corrected chi connectivity index (χ2v) is 7.57. The molecule has 4 rings (SSSR count). The molecule has 154 valence electrons. The summed E-state index contributed by atoms with van der Waals surface area (Å²) in [5.74, 6) is -0.660. The molecule has 4 aromatic rings. The second kappa shape index (κ2) is 8.80. The van der Waals surface area contributed by atoms with Crippen LogP contribution >= 0.6 is 23.2 Å². The van der Waals surface area contributed by atoms with E-state index < -0.39 is 11.6 Å². The normalized spacial score (nSPS) is 10.7. The van der Waals surface area contributed by atoms with Gasteiger partial charge in [-0.3, -0.25) is 4.79 Å². The fourth-order valence-corrected chi connectivity index (χ4v) is 3.65. The van der Waals surface area contributed by atoms with E-state index in [-0.39, 0.29) is 28.4 Å². The van der Waals surface area contributed by atoms with E-state index in [4.69, 9.17) is 27.9 Å². The number of rotatable bonds is 5. The lowest BCUT2D eigenvalue weighted by molar-refractivity contribution is 0.103. The first-order valence-electron chi connectivity index (χ1n) is 9.28. The van der Waals surface area contributed by atoms with Crippen molar-refractivity contribution < 1.29 is 19.0 Å². The Balaban J connectivity index is 1.65. The van der Waals surface area contributed by atoms with Crippen molar-refractivity contribution in [2.45, 2.75) is 0 Å². The number of hydrogen-bond acceptors (Lipinski definition) is 3. The molecule has 3 nitrogen and oxygen atoms in total. The van der Waals surface area contributed by atoms with Crippen LogP contribution in [0, 0.1) is 5.82 Å². The molecular formula is C25H15Cl2FO3. The molecule has 0 aliphatic rings. The summed E-state index contributed by atoms with van der Waals surface area (Å²) in [7, 11) is 0. The molecule has 0 unspecified atom stereocenters. The molecular weight excluding hydrogens is 438 g/mol. The summed E-state index contributed by atoms with van der Waals surface area (Å²) in [5.41, 5.74) is 2.03. The SMILES string of the molecule is O=C(c1ccc(F)cc1)c1cc(Oc2c(Cl)cc(-c3ccccc3)cc2Cl)ccc1O. The minimum absolute atomic E-state index is 0.0114. The summed E-state index contributed by atoms with van der Waals surface area (Å²) < 4.78 is 19.0. The molecule has 0 saturated heterocycles. The molecule has 0 saturated carbocycles. The number of ether oxygens (including phenoxy) is 1. The smallest absolute Gasteiger partial charge is 0.196 e. The zero-order chi connectivity index (χ0) is 22.0. The van der Waals surface area contributed by atoms with Gasteiger partial charge < -0.3 is 9.84 Å². The van der Waals surface area contributed by atoms with Gasteiger partial charge in [-0.15, -0.1) is 0 Å². The van der Waals surface area contributed by atoms with E-state index in [2.05, 4.69) is 0 Å². The molecule has 31 heavy (non-hydrogen) atoms. The Kier molecular flexibility index (Phi) is 5.94. The van der Waals surface area contributed by atoms with Crippen molar-refractivity contribution in [3.8, 4) is 28.4 Å². The van der Waals surface area contributed by atoms with Crippen LogP contribution in [0.15, 0.2) is 84.9 Å². The van der Waals surface area contributed by atoms with Crippen LogP contribution in [0.3, 0.4) is 0 Å². The predicted molar refractivity (Wildman–Crippen MR) is 120 cm³/mol. The number of carbonyl (C=O) groups is 1. The number of carbonyl (C=O) groups excluding carboxylic acids is 1. The van der Waals surface area contributed by atoms with Gasteiger partial charge in [-0.25, -0.2) is 4.39 Å². The Morgan fingerprint density at radius 3 is 2.10 bits per heavy atom. The van der Waals surface area contributed by atoms with Crippen LogP contribution in [-0.2, 0) is 0 Å². The van der Waals surface area contributed by atoms with Gasteiger partial charge in [0.15, 0.2) is 11.5 Å². The van der Waals surface area contributed by atoms with Gasteiger partial charge in [0.2, 0.25) is 0 Å². The molecule has 0 heterocycles. The van der Waals surface area contributed by atoms with Crippen molar-refractivity contribution in [1.82, 2.24) is 0 Å². The fourth-order valence-electron chi connectivity index (χ4n) is 3.09. The standard InChI is InChI=1S/C25H15Cl2FO3/c26-21-12-17(15-4-2-1-3-5-15)13-22(27)25(21)31-19-10-11-23(29)20(14-19)24(30)16-6-8-18(28)9-7-16/h1-14,29H. The van der Waals surface area contributed by atoms with Crippen LogP contribution in [0.2, 0.25) is 10.0 Å². The number of phenolic OH excluding ortho intramolecular Hbond substituents is 1. The minimum atomic E-state index is -0.473. The molecule has 0 spiro atoms.